The van der Waals surface area contributed by atoms with Crippen LogP contribution < -0.4 is 0 Å². The molecule has 23 heavy (non-hydrogen) atoms. The van der Waals surface area contributed by atoms with E-state index < -0.39 is 0 Å². The monoisotopic (exact) mass is 492 g/mol. The Balaban J connectivity index is -0.00000110. The van der Waals surface area contributed by atoms with Crippen LogP contribution in [0.15, 0.2) is 0 Å². The summed E-state index contributed by atoms with van der Waals surface area (Å²) in [6.45, 7) is 17.3. The molecule has 0 fully saturated rings. The van der Waals surface area contributed by atoms with E-state index in [2.05, 4.69) is 61.5 Å². The molecular weight excluding hydrogens is 458 g/mol. The standard InChI is InChI=1S/C19H24N.2CH3.Ir.H2/c1-10-9-18(15(6)12(3)11(10)2)19-16(7)13(4)14(5)17(8)20-19;;;;/h1-8H3;2*1H3;;1H/q3*-1;;/i;;;;1+1. The van der Waals surface area contributed by atoms with Gasteiger partial charge < -0.3 is 19.8 Å². The van der Waals surface area contributed by atoms with Crippen LogP contribution in [-0.4, -0.2) is 4.98 Å². The van der Waals surface area contributed by atoms with Crippen molar-refractivity contribution in [3.05, 3.63) is 65.6 Å². The zero-order valence-corrected chi connectivity index (χ0v) is 18.7. The molecule has 0 atom stereocenters. The van der Waals surface area contributed by atoms with Crippen molar-refractivity contribution in [3.8, 4) is 11.3 Å². The van der Waals surface area contributed by atoms with Gasteiger partial charge in [-0.2, -0.15) is 0 Å². The SMILES string of the molecule is Cc1[c-]c(-c2nc(C)c(C)c(C)c2C)c(C)c(C)c1C.[2HH].[CH3-].[CH3-].[Ir]. The third-order valence-electron chi connectivity index (χ3n) is 4.91. The number of nitrogens with zero attached hydrogens (tertiary/aromatic N) is 1. The van der Waals surface area contributed by atoms with Gasteiger partial charge in [-0.25, -0.2) is 0 Å². The van der Waals surface area contributed by atoms with Crippen molar-refractivity contribution in [1.82, 2.24) is 4.98 Å². The van der Waals surface area contributed by atoms with E-state index in [1.165, 1.54) is 38.9 Å². The van der Waals surface area contributed by atoms with E-state index in [1.807, 2.05) is 0 Å². The van der Waals surface area contributed by atoms with Crippen molar-refractivity contribution in [2.45, 2.75) is 55.4 Å². The van der Waals surface area contributed by atoms with Gasteiger partial charge in [-0.3, -0.25) is 0 Å². The van der Waals surface area contributed by atoms with Crippen LogP contribution in [0.3, 0.4) is 0 Å². The minimum Gasteiger partial charge on any atom is -0.358 e. The minimum absolute atomic E-state index is 0. The minimum atomic E-state index is 0. The number of aryl methyl sites for hydroxylation is 2. The van der Waals surface area contributed by atoms with Gasteiger partial charge in [0.15, 0.2) is 0 Å². The summed E-state index contributed by atoms with van der Waals surface area (Å²) >= 11 is 0. The molecule has 0 N–H and O–H groups in total. The summed E-state index contributed by atoms with van der Waals surface area (Å²) in [4.78, 5) is 4.84. The molecule has 1 heterocycles. The van der Waals surface area contributed by atoms with E-state index in [-0.39, 0.29) is 36.4 Å². The summed E-state index contributed by atoms with van der Waals surface area (Å²) in [5, 5.41) is 0. The van der Waals surface area contributed by atoms with Gasteiger partial charge in [-0.1, -0.05) is 38.8 Å². The smallest absolute Gasteiger partial charge is 0.0298 e. The molecule has 0 aliphatic carbocycles. The number of pyridine rings is 1. The fourth-order valence-electron chi connectivity index (χ4n) is 2.67. The number of hydrogen-bond acceptors (Lipinski definition) is 1. The summed E-state index contributed by atoms with van der Waals surface area (Å²) < 4.78 is 0. The van der Waals surface area contributed by atoms with E-state index in [9.17, 15) is 0 Å². The maximum absolute atomic E-state index is 4.84. The molecule has 0 bridgehead atoms. The molecule has 0 aliphatic rings. The normalized spacial score (nSPS) is 9.57. The predicted octanol–water partition coefficient (Wildman–Crippen LogP) is 6.16. The molecule has 1 aromatic carbocycles. The van der Waals surface area contributed by atoms with Gasteiger partial charge in [0.1, 0.15) is 0 Å². The third kappa shape index (κ3) is 4.11. The second-order valence-corrected chi connectivity index (χ2v) is 5.92. The van der Waals surface area contributed by atoms with E-state index in [1.54, 1.807) is 0 Å². The van der Waals surface area contributed by atoms with Crippen LogP contribution in [-0.2, 0) is 20.1 Å². The number of rotatable bonds is 1. The molecule has 0 aliphatic heterocycles. The van der Waals surface area contributed by atoms with Gasteiger partial charge in [0, 0.05) is 27.2 Å². The number of aromatic nitrogens is 1. The molecule has 1 radical (unpaired) electrons. The average molecular weight is 492 g/mol. The Labute approximate surface area is 158 Å². The summed E-state index contributed by atoms with van der Waals surface area (Å²) in [5.41, 5.74) is 12.5. The zero-order chi connectivity index (χ0) is 15.2. The van der Waals surface area contributed by atoms with Crippen molar-refractivity contribution < 1.29 is 21.5 Å². The summed E-state index contributed by atoms with van der Waals surface area (Å²) in [5.74, 6) is 0. The Morgan fingerprint density at radius 2 is 1.13 bits per heavy atom. The summed E-state index contributed by atoms with van der Waals surface area (Å²) in [7, 11) is 0. The van der Waals surface area contributed by atoms with Gasteiger partial charge in [-0.05, 0) is 39.0 Å². The van der Waals surface area contributed by atoms with Gasteiger partial charge in [0.25, 0.3) is 0 Å². The molecule has 0 amide bonds. The maximum Gasteiger partial charge on any atom is 0.0298 e. The van der Waals surface area contributed by atoms with E-state index in [0.29, 0.717) is 0 Å². The fourth-order valence-corrected chi connectivity index (χ4v) is 2.67. The molecule has 2 heteroatoms. The van der Waals surface area contributed by atoms with Gasteiger partial charge in [0.05, 0.1) is 0 Å². The van der Waals surface area contributed by atoms with E-state index in [0.717, 1.165) is 17.0 Å². The second-order valence-electron chi connectivity index (χ2n) is 5.92. The van der Waals surface area contributed by atoms with Gasteiger partial charge in [-0.15, -0.1) is 33.9 Å². The average Bonchev–Trinajstić information content (AvgIpc) is 2.42. The molecule has 0 unspecified atom stereocenters. The number of benzene rings is 1. The molecule has 1 nitrogen and oxygen atoms in total. The van der Waals surface area contributed by atoms with E-state index >= 15 is 0 Å². The molecule has 2 aromatic rings. The molecule has 2 rings (SSSR count). The van der Waals surface area contributed by atoms with Crippen LogP contribution in [0.2, 0.25) is 0 Å². The molecule has 0 spiro atoms. The zero-order valence-electron chi connectivity index (χ0n) is 16.3. The van der Waals surface area contributed by atoms with Crippen molar-refractivity contribution in [2.24, 2.45) is 0 Å². The maximum atomic E-state index is 4.84. The van der Waals surface area contributed by atoms with Crippen LogP contribution in [0.25, 0.3) is 11.3 Å². The quantitative estimate of drug-likeness (QED) is 0.436. The Morgan fingerprint density at radius 1 is 0.652 bits per heavy atom. The van der Waals surface area contributed by atoms with E-state index in [4.69, 9.17) is 4.98 Å². The summed E-state index contributed by atoms with van der Waals surface area (Å²) in [6, 6.07) is 3.55. The molecule has 133 valence electrons. The first-order valence-electron chi connectivity index (χ1n) is 7.20. The Hall–Kier alpha value is -0.981. The number of hydrogen-bond donors (Lipinski definition) is 0. The molecule has 0 saturated heterocycles. The van der Waals surface area contributed by atoms with Crippen molar-refractivity contribution >= 4 is 0 Å². The Morgan fingerprint density at radius 3 is 1.65 bits per heavy atom. The first-order chi connectivity index (χ1) is 9.25. The molecule has 1 aromatic heterocycles. The van der Waals surface area contributed by atoms with Crippen molar-refractivity contribution in [2.75, 3.05) is 0 Å². The molecule has 0 saturated carbocycles. The van der Waals surface area contributed by atoms with Gasteiger partial charge in [0.2, 0.25) is 0 Å². The van der Waals surface area contributed by atoms with Crippen LogP contribution in [0.5, 0.6) is 0 Å². The van der Waals surface area contributed by atoms with Gasteiger partial charge >= 0.3 is 0 Å². The topological polar surface area (TPSA) is 12.9 Å². The van der Waals surface area contributed by atoms with Crippen LogP contribution >= 0.6 is 0 Å². The Bertz CT molecular complexity index is 644. The Kier molecular flexibility index (Phi) is 9.24. The van der Waals surface area contributed by atoms with Crippen molar-refractivity contribution in [1.29, 1.82) is 0 Å². The van der Waals surface area contributed by atoms with Crippen molar-refractivity contribution in [3.63, 3.8) is 0 Å². The molecular formula is C21H32IrN-3. The van der Waals surface area contributed by atoms with Crippen LogP contribution in [0.4, 0.5) is 0 Å². The first-order valence-corrected chi connectivity index (χ1v) is 7.20. The second kappa shape index (κ2) is 8.75. The summed E-state index contributed by atoms with van der Waals surface area (Å²) in [6.07, 6.45) is 0. The van der Waals surface area contributed by atoms with Crippen LogP contribution in [0, 0.1) is 76.3 Å². The predicted molar refractivity (Wildman–Crippen MR) is 101 cm³/mol. The third-order valence-corrected chi connectivity index (χ3v) is 4.91. The first kappa shape index (κ1) is 24.3. The largest absolute Gasteiger partial charge is 0.358 e. The van der Waals surface area contributed by atoms with Crippen LogP contribution in [0.1, 0.15) is 46.1 Å². The fraction of sp³-hybridized carbons (Fsp3) is 0.381.